The molecule has 0 radical (unpaired) electrons. The van der Waals surface area contributed by atoms with Crippen molar-refractivity contribution in [1.82, 2.24) is 4.90 Å². The lowest BCUT2D eigenvalue weighted by atomic mass is 9.32. The molecule has 4 fully saturated rings. The molecule has 5 nitrogen and oxygen atoms in total. The summed E-state index contributed by atoms with van der Waals surface area (Å²) in [5, 5.41) is 23.7. The molecule has 0 amide bonds. The first-order chi connectivity index (χ1) is 21.4. The van der Waals surface area contributed by atoms with Crippen molar-refractivity contribution in [2.45, 2.75) is 77.4 Å². The predicted molar refractivity (Wildman–Crippen MR) is 177 cm³/mol. The molecule has 7 aliphatic rings. The third-order valence-electron chi connectivity index (χ3n) is 14.0. The number of thiophene rings is 1. The van der Waals surface area contributed by atoms with Crippen molar-refractivity contribution in [3.05, 3.63) is 75.8 Å². The van der Waals surface area contributed by atoms with Gasteiger partial charge in [-0.1, -0.05) is 32.1 Å². The standard InChI is InChI=1S/C38H47FN2O3S/c1-25-4-9-30(45-25)33(43)29-23-36-16-17-38(29)31(34(36,2)13-10-28(42)22-36)11-14-35(3)32(38)12-15-37(35,44)24-40-18-20-41(21-19-40)27-7-5-26(39)6-8-27/h4-9,16-17,23,28,31-32,42,44H,10-15,18-22,24H2,1-3H3. The van der Waals surface area contributed by atoms with Crippen LogP contribution in [0.1, 0.15) is 73.3 Å². The maximum Gasteiger partial charge on any atom is 0.199 e. The van der Waals surface area contributed by atoms with E-state index in [0.717, 1.165) is 85.7 Å². The molecule has 9 rings (SSSR count). The zero-order valence-corrected chi connectivity index (χ0v) is 27.7. The number of β-amino-alcohol motifs (C(OH)–C–C–N with tert-alkyl or cyclic N) is 1. The van der Waals surface area contributed by atoms with Gasteiger partial charge in [0.05, 0.1) is 16.6 Å². The number of carbonyl (C=O) groups is 1. The summed E-state index contributed by atoms with van der Waals surface area (Å²) in [6, 6.07) is 10.8. The van der Waals surface area contributed by atoms with Crippen LogP contribution in [0.4, 0.5) is 10.1 Å². The number of allylic oxidation sites excluding steroid dienone is 4. The fourth-order valence-electron chi connectivity index (χ4n) is 11.5. The quantitative estimate of drug-likeness (QED) is 0.281. The lowest BCUT2D eigenvalue weighted by Crippen LogP contribution is -2.67. The van der Waals surface area contributed by atoms with Crippen LogP contribution in [0.2, 0.25) is 0 Å². The molecular weight excluding hydrogens is 583 g/mol. The SMILES string of the molecule is Cc1ccc(C(=O)C2=CC34C=CC25C(CCC2(C)C5CCC2(O)CN2CCN(c5ccc(F)cc5)CC2)C3(C)CCC(O)C4)s1. The van der Waals surface area contributed by atoms with E-state index in [2.05, 4.69) is 48.8 Å². The van der Waals surface area contributed by atoms with Crippen LogP contribution in [0.3, 0.4) is 0 Å². The fraction of sp³-hybridized carbons (Fsp3) is 0.605. The van der Waals surface area contributed by atoms with Crippen molar-refractivity contribution >= 4 is 22.8 Å². The zero-order chi connectivity index (χ0) is 31.4. The second-order valence-corrected chi connectivity index (χ2v) is 17.1. The average Bonchev–Trinajstić information content (AvgIpc) is 3.57. The van der Waals surface area contributed by atoms with Crippen LogP contribution in [0.5, 0.6) is 0 Å². The number of anilines is 1. The van der Waals surface area contributed by atoms with Crippen molar-refractivity contribution in [2.24, 2.45) is 33.5 Å². The number of hydrogen-bond donors (Lipinski definition) is 2. The van der Waals surface area contributed by atoms with Gasteiger partial charge in [0.1, 0.15) is 5.82 Å². The number of fused-ring (bicyclic) bond motifs is 1. The van der Waals surface area contributed by atoms with Gasteiger partial charge in [0.15, 0.2) is 5.78 Å². The summed E-state index contributed by atoms with van der Waals surface area (Å²) in [7, 11) is 0. The van der Waals surface area contributed by atoms with Crippen LogP contribution < -0.4 is 4.90 Å². The molecule has 8 unspecified atom stereocenters. The van der Waals surface area contributed by atoms with E-state index >= 15 is 0 Å². The molecule has 2 heterocycles. The lowest BCUT2D eigenvalue weighted by Gasteiger charge is -2.71. The van der Waals surface area contributed by atoms with Crippen LogP contribution in [-0.4, -0.2) is 65.3 Å². The monoisotopic (exact) mass is 630 g/mol. The summed E-state index contributed by atoms with van der Waals surface area (Å²) < 4.78 is 13.5. The second kappa shape index (κ2) is 10.1. The number of Topliss-reactive ketones (excluding diaryl/α,β-unsaturated/α-hetero) is 1. The summed E-state index contributed by atoms with van der Waals surface area (Å²) in [5.74, 6) is 0.422. The Morgan fingerprint density at radius 2 is 1.62 bits per heavy atom. The molecule has 1 aromatic carbocycles. The smallest absolute Gasteiger partial charge is 0.199 e. The molecule has 45 heavy (non-hydrogen) atoms. The maximum absolute atomic E-state index is 14.6. The van der Waals surface area contributed by atoms with Gasteiger partial charge in [-0.2, -0.15) is 0 Å². The normalized spacial score (nSPS) is 42.2. The molecule has 1 saturated heterocycles. The van der Waals surface area contributed by atoms with Gasteiger partial charge in [-0.05, 0) is 106 Å². The molecule has 2 aromatic rings. The predicted octanol–water partition coefficient (Wildman–Crippen LogP) is 6.79. The maximum atomic E-state index is 14.6. The highest BCUT2D eigenvalue weighted by atomic mass is 32.1. The third kappa shape index (κ3) is 4.09. The van der Waals surface area contributed by atoms with E-state index in [1.807, 2.05) is 24.3 Å². The Morgan fingerprint density at radius 1 is 0.933 bits per heavy atom. The van der Waals surface area contributed by atoms with E-state index in [9.17, 15) is 19.4 Å². The molecular formula is C38H47FN2O3S. The summed E-state index contributed by atoms with van der Waals surface area (Å²) in [6.45, 7) is 10.9. The number of hydrogen-bond acceptors (Lipinski definition) is 6. The van der Waals surface area contributed by atoms with Gasteiger partial charge in [-0.3, -0.25) is 9.69 Å². The highest BCUT2D eigenvalue weighted by molar-refractivity contribution is 7.14. The van der Waals surface area contributed by atoms with Gasteiger partial charge in [-0.15, -0.1) is 11.3 Å². The Morgan fingerprint density at radius 3 is 2.33 bits per heavy atom. The topological polar surface area (TPSA) is 64.0 Å². The molecule has 2 spiro atoms. The third-order valence-corrected chi connectivity index (χ3v) is 15.0. The van der Waals surface area contributed by atoms with E-state index in [1.165, 1.54) is 12.1 Å². The molecule has 6 aliphatic carbocycles. The molecule has 2 N–H and O–H groups in total. The number of benzene rings is 1. The van der Waals surface area contributed by atoms with Gasteiger partial charge in [-0.25, -0.2) is 4.39 Å². The first-order valence-electron chi connectivity index (χ1n) is 17.1. The van der Waals surface area contributed by atoms with Gasteiger partial charge < -0.3 is 15.1 Å². The van der Waals surface area contributed by atoms with E-state index in [4.69, 9.17) is 0 Å². The van der Waals surface area contributed by atoms with E-state index in [-0.39, 0.29) is 39.9 Å². The van der Waals surface area contributed by atoms with Crippen molar-refractivity contribution in [1.29, 1.82) is 0 Å². The van der Waals surface area contributed by atoms with E-state index in [1.54, 1.807) is 11.3 Å². The molecule has 7 heteroatoms. The van der Waals surface area contributed by atoms with Crippen molar-refractivity contribution < 1.29 is 19.4 Å². The lowest BCUT2D eigenvalue weighted by molar-refractivity contribution is -0.176. The number of aliphatic hydroxyl groups is 2. The number of carbonyl (C=O) groups excluding carboxylic acids is 1. The van der Waals surface area contributed by atoms with Crippen molar-refractivity contribution in [2.75, 3.05) is 37.6 Å². The molecule has 1 aliphatic heterocycles. The number of halogens is 1. The van der Waals surface area contributed by atoms with Gasteiger partial charge >= 0.3 is 0 Å². The van der Waals surface area contributed by atoms with Crippen molar-refractivity contribution in [3.8, 4) is 0 Å². The Hall–Kier alpha value is -2.32. The van der Waals surface area contributed by atoms with Crippen LogP contribution in [0.15, 0.2) is 60.2 Å². The first kappa shape index (κ1) is 30.0. The number of ketones is 1. The summed E-state index contributed by atoms with van der Waals surface area (Å²) in [6.07, 6.45) is 12.8. The van der Waals surface area contributed by atoms with Gasteiger partial charge in [0.2, 0.25) is 0 Å². The number of piperazine rings is 1. The van der Waals surface area contributed by atoms with Crippen LogP contribution in [0.25, 0.3) is 0 Å². The van der Waals surface area contributed by atoms with E-state index in [0.29, 0.717) is 18.9 Å². The Bertz CT molecular complexity index is 1580. The highest BCUT2D eigenvalue weighted by Crippen LogP contribution is 2.78. The Balaban J connectivity index is 1.12. The van der Waals surface area contributed by atoms with Gasteiger partial charge in [0, 0.05) is 65.1 Å². The van der Waals surface area contributed by atoms with Crippen molar-refractivity contribution in [3.63, 3.8) is 0 Å². The minimum absolute atomic E-state index is 0.0190. The average molecular weight is 631 g/mol. The number of aryl methyl sites for hydroxylation is 1. The summed E-state index contributed by atoms with van der Waals surface area (Å²) >= 11 is 1.58. The first-order valence-corrected chi connectivity index (χ1v) is 17.9. The summed E-state index contributed by atoms with van der Waals surface area (Å²) in [5.41, 5.74) is 0.0895. The van der Waals surface area contributed by atoms with Crippen LogP contribution in [-0.2, 0) is 0 Å². The number of nitrogens with zero attached hydrogens (tertiary/aromatic N) is 2. The Labute approximate surface area is 270 Å². The molecule has 240 valence electrons. The second-order valence-electron chi connectivity index (χ2n) is 15.8. The highest BCUT2D eigenvalue weighted by Gasteiger charge is 2.74. The Kier molecular flexibility index (Phi) is 6.74. The largest absolute Gasteiger partial charge is 0.393 e. The van der Waals surface area contributed by atoms with Gasteiger partial charge in [0.25, 0.3) is 0 Å². The number of rotatable bonds is 5. The molecule has 2 bridgehead atoms. The van der Waals surface area contributed by atoms with Crippen LogP contribution in [0, 0.1) is 46.2 Å². The molecule has 8 atom stereocenters. The summed E-state index contributed by atoms with van der Waals surface area (Å²) in [4.78, 5) is 21.3. The van der Waals surface area contributed by atoms with Crippen LogP contribution >= 0.6 is 11.3 Å². The minimum atomic E-state index is -0.841. The molecule has 3 saturated carbocycles. The zero-order valence-electron chi connectivity index (χ0n) is 26.9. The molecule has 1 aromatic heterocycles. The number of aliphatic hydroxyl groups excluding tert-OH is 1. The minimum Gasteiger partial charge on any atom is -0.393 e. The van der Waals surface area contributed by atoms with E-state index < -0.39 is 11.0 Å². The fourth-order valence-corrected chi connectivity index (χ4v) is 12.3.